The molecule has 82 valence electrons. The highest BCUT2D eigenvalue weighted by Crippen LogP contribution is 2.13. The summed E-state index contributed by atoms with van der Waals surface area (Å²) >= 11 is 1.82. The van der Waals surface area contributed by atoms with Crippen molar-refractivity contribution in [3.63, 3.8) is 0 Å². The zero-order chi connectivity index (χ0) is 11.1. The number of thioether (sulfide) groups is 1. The van der Waals surface area contributed by atoms with Gasteiger partial charge >= 0.3 is 5.97 Å². The molecule has 0 aliphatic carbocycles. The number of rotatable bonds is 6. The van der Waals surface area contributed by atoms with Gasteiger partial charge in [0.1, 0.15) is 0 Å². The van der Waals surface area contributed by atoms with Crippen molar-refractivity contribution in [1.82, 2.24) is 0 Å². The molecule has 0 saturated carbocycles. The van der Waals surface area contributed by atoms with Crippen LogP contribution in [0.5, 0.6) is 0 Å². The van der Waals surface area contributed by atoms with Gasteiger partial charge in [0, 0.05) is 5.75 Å². The third kappa shape index (κ3) is 4.36. The van der Waals surface area contributed by atoms with Gasteiger partial charge in [0.2, 0.25) is 0 Å². The summed E-state index contributed by atoms with van der Waals surface area (Å²) in [4.78, 5) is 10.6. The van der Waals surface area contributed by atoms with Gasteiger partial charge in [0.15, 0.2) is 0 Å². The molecule has 1 aromatic carbocycles. The maximum absolute atomic E-state index is 10.6. The second-order valence-electron chi connectivity index (χ2n) is 3.20. The molecule has 3 N–H and O–H groups in total. The van der Waals surface area contributed by atoms with Gasteiger partial charge in [-0.2, -0.15) is 11.8 Å². The van der Waals surface area contributed by atoms with E-state index in [4.69, 9.17) is 10.8 Å². The predicted octanol–water partition coefficient (Wildman–Crippen LogP) is 1.97. The minimum atomic E-state index is -0.877. The number of carboxylic acids is 1. The number of benzene rings is 1. The van der Waals surface area contributed by atoms with Crippen LogP contribution in [0, 0.1) is 0 Å². The molecule has 0 amide bonds. The summed E-state index contributed by atoms with van der Waals surface area (Å²) in [5.41, 5.74) is 6.88. The van der Waals surface area contributed by atoms with Gasteiger partial charge in [-0.05, 0) is 36.4 Å². The highest BCUT2D eigenvalue weighted by atomic mass is 32.2. The molecule has 0 unspecified atom stereocenters. The Morgan fingerprint density at radius 2 is 2.00 bits per heavy atom. The number of hydrogen-bond acceptors (Lipinski definition) is 3. The first-order valence-electron chi connectivity index (χ1n) is 4.84. The molecule has 0 bridgehead atoms. The van der Waals surface area contributed by atoms with E-state index in [0.29, 0.717) is 5.56 Å². The van der Waals surface area contributed by atoms with Crippen LogP contribution < -0.4 is 5.73 Å². The van der Waals surface area contributed by atoms with Crippen LogP contribution in [0.4, 0.5) is 0 Å². The van der Waals surface area contributed by atoms with Crippen molar-refractivity contribution in [3.8, 4) is 0 Å². The molecule has 0 spiro atoms. The molecule has 0 aliphatic heterocycles. The molecule has 0 saturated heterocycles. The Labute approximate surface area is 93.7 Å². The Hall–Kier alpha value is -1.00. The lowest BCUT2D eigenvalue weighted by atomic mass is 10.1. The van der Waals surface area contributed by atoms with Crippen LogP contribution in [-0.4, -0.2) is 23.4 Å². The van der Waals surface area contributed by atoms with Gasteiger partial charge in [-0.3, -0.25) is 0 Å². The number of aromatic carboxylic acids is 1. The smallest absolute Gasteiger partial charge is 0.335 e. The minimum absolute atomic E-state index is 0.339. The summed E-state index contributed by atoms with van der Waals surface area (Å²) in [6.45, 7) is 0.727. The molecule has 0 heterocycles. The summed E-state index contributed by atoms with van der Waals surface area (Å²) < 4.78 is 0. The van der Waals surface area contributed by atoms with Crippen LogP contribution in [-0.2, 0) is 5.75 Å². The summed E-state index contributed by atoms with van der Waals surface area (Å²) in [5.74, 6) is 1.09. The molecule has 3 nitrogen and oxygen atoms in total. The van der Waals surface area contributed by atoms with Gasteiger partial charge in [-0.15, -0.1) is 0 Å². The monoisotopic (exact) mass is 225 g/mol. The number of hydrogen-bond donors (Lipinski definition) is 2. The molecule has 0 fully saturated rings. The van der Waals surface area contributed by atoms with E-state index in [9.17, 15) is 4.79 Å². The SMILES string of the molecule is NCCCSCc1ccc(C(=O)O)cc1. The fraction of sp³-hybridized carbons (Fsp3) is 0.364. The van der Waals surface area contributed by atoms with Crippen LogP contribution in [0.3, 0.4) is 0 Å². The quantitative estimate of drug-likeness (QED) is 0.726. The topological polar surface area (TPSA) is 63.3 Å². The van der Waals surface area contributed by atoms with Gasteiger partial charge in [0.05, 0.1) is 5.56 Å². The lowest BCUT2D eigenvalue weighted by molar-refractivity contribution is 0.0697. The van der Waals surface area contributed by atoms with Gasteiger partial charge in [0.25, 0.3) is 0 Å². The maximum Gasteiger partial charge on any atom is 0.335 e. The molecular weight excluding hydrogens is 210 g/mol. The maximum atomic E-state index is 10.6. The van der Waals surface area contributed by atoms with Crippen LogP contribution >= 0.6 is 11.8 Å². The average Bonchev–Trinajstić information content (AvgIpc) is 2.25. The van der Waals surface area contributed by atoms with Crippen molar-refractivity contribution < 1.29 is 9.90 Å². The summed E-state index contributed by atoms with van der Waals surface area (Å²) in [6.07, 6.45) is 1.03. The standard InChI is InChI=1S/C11H15NO2S/c12-6-1-7-15-8-9-2-4-10(5-3-9)11(13)14/h2-5H,1,6-8,12H2,(H,13,14). The molecule has 0 aromatic heterocycles. The van der Waals surface area contributed by atoms with Crippen LogP contribution in [0.1, 0.15) is 22.3 Å². The van der Waals surface area contributed by atoms with Crippen molar-refractivity contribution >= 4 is 17.7 Å². The van der Waals surface area contributed by atoms with Gasteiger partial charge < -0.3 is 10.8 Å². The largest absolute Gasteiger partial charge is 0.478 e. The van der Waals surface area contributed by atoms with E-state index in [1.165, 1.54) is 0 Å². The van der Waals surface area contributed by atoms with E-state index >= 15 is 0 Å². The molecule has 4 heteroatoms. The molecular formula is C11H15NO2S. The molecule has 0 atom stereocenters. The van der Waals surface area contributed by atoms with Crippen molar-refractivity contribution in [2.24, 2.45) is 5.73 Å². The van der Waals surface area contributed by atoms with E-state index in [2.05, 4.69) is 0 Å². The second kappa shape index (κ2) is 6.48. The first kappa shape index (κ1) is 12.1. The summed E-state index contributed by atoms with van der Waals surface area (Å²) in [6, 6.07) is 7.00. The normalized spacial score (nSPS) is 10.2. The zero-order valence-corrected chi connectivity index (χ0v) is 9.30. The first-order valence-corrected chi connectivity index (χ1v) is 5.99. The fourth-order valence-corrected chi connectivity index (χ4v) is 2.06. The lowest BCUT2D eigenvalue weighted by Gasteiger charge is -2.01. The van der Waals surface area contributed by atoms with Crippen molar-refractivity contribution in [2.75, 3.05) is 12.3 Å². The first-order chi connectivity index (χ1) is 7.24. The minimum Gasteiger partial charge on any atom is -0.478 e. The van der Waals surface area contributed by atoms with E-state index < -0.39 is 5.97 Å². The van der Waals surface area contributed by atoms with E-state index in [0.717, 1.165) is 30.0 Å². The van der Waals surface area contributed by atoms with Gasteiger partial charge in [-0.1, -0.05) is 12.1 Å². The molecule has 1 aromatic rings. The molecule has 15 heavy (non-hydrogen) atoms. The Morgan fingerprint density at radius 1 is 1.33 bits per heavy atom. The Bertz CT molecular complexity index is 311. The predicted molar refractivity (Wildman–Crippen MR) is 63.2 cm³/mol. The van der Waals surface area contributed by atoms with Crippen molar-refractivity contribution in [3.05, 3.63) is 35.4 Å². The highest BCUT2D eigenvalue weighted by molar-refractivity contribution is 7.98. The third-order valence-corrected chi connectivity index (χ3v) is 3.08. The number of nitrogens with two attached hydrogens (primary N) is 1. The van der Waals surface area contributed by atoms with E-state index in [1.54, 1.807) is 12.1 Å². The molecule has 1 rings (SSSR count). The highest BCUT2D eigenvalue weighted by Gasteiger charge is 2.01. The van der Waals surface area contributed by atoms with Crippen molar-refractivity contribution in [2.45, 2.75) is 12.2 Å². The zero-order valence-electron chi connectivity index (χ0n) is 8.48. The number of carboxylic acid groups (broad SMARTS) is 1. The summed E-state index contributed by atoms with van der Waals surface area (Å²) in [7, 11) is 0. The lowest BCUT2D eigenvalue weighted by Crippen LogP contribution is -1.99. The average molecular weight is 225 g/mol. The molecule has 0 aliphatic rings. The number of carbonyl (C=O) groups is 1. The van der Waals surface area contributed by atoms with Crippen LogP contribution in [0.2, 0.25) is 0 Å². The van der Waals surface area contributed by atoms with Crippen LogP contribution in [0.15, 0.2) is 24.3 Å². The Morgan fingerprint density at radius 3 is 2.53 bits per heavy atom. The second-order valence-corrected chi connectivity index (χ2v) is 4.30. The van der Waals surface area contributed by atoms with E-state index in [-0.39, 0.29) is 0 Å². The fourth-order valence-electron chi connectivity index (χ4n) is 1.12. The van der Waals surface area contributed by atoms with Crippen molar-refractivity contribution in [1.29, 1.82) is 0 Å². The van der Waals surface area contributed by atoms with E-state index in [1.807, 2.05) is 23.9 Å². The van der Waals surface area contributed by atoms with Gasteiger partial charge in [-0.25, -0.2) is 4.79 Å². The third-order valence-electron chi connectivity index (χ3n) is 1.96. The summed E-state index contributed by atoms with van der Waals surface area (Å²) in [5, 5.41) is 8.70. The molecule has 0 radical (unpaired) electrons. The van der Waals surface area contributed by atoms with Crippen LogP contribution in [0.25, 0.3) is 0 Å². The Balaban J connectivity index is 2.39. The Kier molecular flexibility index (Phi) is 5.21.